The molecular formula is C70H136O17P2. The zero-order valence-electron chi connectivity index (χ0n) is 58.1. The highest BCUT2D eigenvalue weighted by Crippen LogP contribution is 2.45. The Morgan fingerprint density at radius 3 is 0.798 bits per heavy atom. The van der Waals surface area contributed by atoms with Gasteiger partial charge in [-0.15, -0.1) is 0 Å². The van der Waals surface area contributed by atoms with Crippen molar-refractivity contribution >= 4 is 39.5 Å². The number of carbonyl (C=O) groups is 4. The van der Waals surface area contributed by atoms with Crippen molar-refractivity contribution in [1.29, 1.82) is 0 Å². The highest BCUT2D eigenvalue weighted by atomic mass is 31.2. The second kappa shape index (κ2) is 59.8. The monoisotopic (exact) mass is 1310 g/mol. The lowest BCUT2D eigenvalue weighted by molar-refractivity contribution is -0.161. The summed E-state index contributed by atoms with van der Waals surface area (Å²) in [6, 6.07) is 0. The molecule has 19 heteroatoms. The first kappa shape index (κ1) is 87.1. The standard InChI is InChI=1S/C70H136O17P2/c1-9-63(8)49-41-33-24-18-14-12-10-11-13-15-19-25-36-44-52-69(74)87-66(57-81-68(73)51-43-35-29-28-32-40-48-62(6)7)59-85-89(78,79)83-55-64(71)54-82-88(76,77)84-58-65(56-80-67(72)50-42-34-27-21-23-31-39-47-61(4)5)86-70(75)53-45-37-26-20-16-17-22-30-38-46-60(2)3/h60-66,71H,9-59H2,1-8H3,(H,76,77)(H,78,79)/t63?,64?,65-,66-/m1/s1. The number of phosphoric ester groups is 2. The Balaban J connectivity index is 5.21. The number of ether oxygens (including phenoxy) is 4. The van der Waals surface area contributed by atoms with Gasteiger partial charge in [-0.2, -0.15) is 0 Å². The highest BCUT2D eigenvalue weighted by Gasteiger charge is 2.30. The number of aliphatic hydroxyl groups excluding tert-OH is 1. The van der Waals surface area contributed by atoms with Gasteiger partial charge in [-0.05, 0) is 49.4 Å². The van der Waals surface area contributed by atoms with Crippen molar-refractivity contribution in [3.63, 3.8) is 0 Å². The largest absolute Gasteiger partial charge is 0.472 e. The third kappa shape index (κ3) is 63.2. The van der Waals surface area contributed by atoms with E-state index in [9.17, 15) is 43.2 Å². The van der Waals surface area contributed by atoms with Crippen LogP contribution in [0.1, 0.15) is 344 Å². The molecule has 0 saturated heterocycles. The van der Waals surface area contributed by atoms with E-state index in [1.54, 1.807) is 0 Å². The molecule has 89 heavy (non-hydrogen) atoms. The Bertz CT molecular complexity index is 1770. The summed E-state index contributed by atoms with van der Waals surface area (Å²) in [4.78, 5) is 72.5. The lowest BCUT2D eigenvalue weighted by Crippen LogP contribution is -2.30. The van der Waals surface area contributed by atoms with Gasteiger partial charge in [-0.25, -0.2) is 9.13 Å². The van der Waals surface area contributed by atoms with Gasteiger partial charge < -0.3 is 33.8 Å². The topological polar surface area (TPSA) is 237 Å². The van der Waals surface area contributed by atoms with Crippen LogP contribution in [0.3, 0.4) is 0 Å². The molecule has 0 aliphatic heterocycles. The fourth-order valence-electron chi connectivity index (χ4n) is 10.5. The Kier molecular flexibility index (Phi) is 58.5. The molecule has 0 radical (unpaired) electrons. The van der Waals surface area contributed by atoms with Gasteiger partial charge in [0.25, 0.3) is 0 Å². The van der Waals surface area contributed by atoms with Crippen molar-refractivity contribution in [1.82, 2.24) is 0 Å². The Morgan fingerprint density at radius 1 is 0.315 bits per heavy atom. The zero-order chi connectivity index (χ0) is 66.1. The van der Waals surface area contributed by atoms with Gasteiger partial charge in [-0.3, -0.25) is 37.3 Å². The Labute approximate surface area is 543 Å². The van der Waals surface area contributed by atoms with E-state index < -0.39 is 97.5 Å². The van der Waals surface area contributed by atoms with E-state index in [0.29, 0.717) is 37.5 Å². The van der Waals surface area contributed by atoms with E-state index in [1.807, 2.05) is 0 Å². The second-order valence-corrected chi connectivity index (χ2v) is 29.8. The number of esters is 4. The van der Waals surface area contributed by atoms with Crippen LogP contribution in [0.4, 0.5) is 0 Å². The predicted octanol–water partition coefficient (Wildman–Crippen LogP) is 19.7. The first-order chi connectivity index (χ1) is 42.6. The maximum Gasteiger partial charge on any atom is 0.472 e. The highest BCUT2D eigenvalue weighted by molar-refractivity contribution is 7.47. The molecule has 0 aliphatic carbocycles. The van der Waals surface area contributed by atoms with Crippen molar-refractivity contribution in [2.24, 2.45) is 23.7 Å². The molecule has 0 aromatic rings. The number of unbranched alkanes of at least 4 members (excludes halogenated alkanes) is 32. The summed E-state index contributed by atoms with van der Waals surface area (Å²) in [6.07, 6.45) is 41.9. The first-order valence-electron chi connectivity index (χ1n) is 36.2. The summed E-state index contributed by atoms with van der Waals surface area (Å²) in [5.41, 5.74) is 0. The average molecular weight is 1310 g/mol. The lowest BCUT2D eigenvalue weighted by Gasteiger charge is -2.21. The summed E-state index contributed by atoms with van der Waals surface area (Å²) >= 11 is 0. The summed E-state index contributed by atoms with van der Waals surface area (Å²) in [7, 11) is -9.90. The van der Waals surface area contributed by atoms with E-state index in [1.165, 1.54) is 135 Å². The summed E-state index contributed by atoms with van der Waals surface area (Å²) in [5, 5.41) is 10.6. The molecule has 0 amide bonds. The zero-order valence-corrected chi connectivity index (χ0v) is 59.8. The van der Waals surface area contributed by atoms with Gasteiger partial charge in [0.05, 0.1) is 26.4 Å². The van der Waals surface area contributed by atoms with Crippen molar-refractivity contribution in [3.8, 4) is 0 Å². The van der Waals surface area contributed by atoms with E-state index >= 15 is 0 Å². The summed E-state index contributed by atoms with van der Waals surface area (Å²) in [6.45, 7) is 14.0. The Hall–Kier alpha value is -1.94. The molecule has 0 heterocycles. The van der Waals surface area contributed by atoms with E-state index in [4.69, 9.17) is 37.0 Å². The molecular weight excluding hydrogens is 1170 g/mol. The first-order valence-corrected chi connectivity index (χ1v) is 39.2. The van der Waals surface area contributed by atoms with Gasteiger partial charge in [-0.1, -0.05) is 293 Å². The van der Waals surface area contributed by atoms with E-state index in [2.05, 4.69) is 55.4 Å². The summed E-state index contributed by atoms with van der Waals surface area (Å²) < 4.78 is 68.2. The van der Waals surface area contributed by atoms with Crippen LogP contribution in [-0.4, -0.2) is 96.7 Å². The predicted molar refractivity (Wildman–Crippen MR) is 358 cm³/mol. The second-order valence-electron chi connectivity index (χ2n) is 26.9. The van der Waals surface area contributed by atoms with Gasteiger partial charge >= 0.3 is 39.5 Å². The van der Waals surface area contributed by atoms with Crippen LogP contribution >= 0.6 is 15.6 Å². The molecule has 0 saturated carbocycles. The molecule has 0 rings (SSSR count). The van der Waals surface area contributed by atoms with Crippen LogP contribution in [0.5, 0.6) is 0 Å². The van der Waals surface area contributed by atoms with Crippen LogP contribution in [0, 0.1) is 23.7 Å². The average Bonchev–Trinajstić information content (AvgIpc) is 3.65. The van der Waals surface area contributed by atoms with Crippen LogP contribution in [0.15, 0.2) is 0 Å². The normalized spacial score (nSPS) is 14.6. The summed E-state index contributed by atoms with van der Waals surface area (Å²) in [5.74, 6) is 0.834. The maximum absolute atomic E-state index is 13.0. The molecule has 0 bridgehead atoms. The van der Waals surface area contributed by atoms with Crippen LogP contribution in [0.2, 0.25) is 0 Å². The number of hydrogen-bond donors (Lipinski definition) is 3. The quantitative estimate of drug-likeness (QED) is 0.0222. The van der Waals surface area contributed by atoms with Crippen LogP contribution < -0.4 is 0 Å². The smallest absolute Gasteiger partial charge is 0.462 e. The molecule has 4 unspecified atom stereocenters. The Morgan fingerprint density at radius 2 is 0.539 bits per heavy atom. The molecule has 528 valence electrons. The third-order valence-corrected chi connectivity index (χ3v) is 18.3. The van der Waals surface area contributed by atoms with Crippen LogP contribution in [-0.2, 0) is 65.4 Å². The number of hydrogen-bond acceptors (Lipinski definition) is 15. The number of phosphoric acid groups is 2. The van der Waals surface area contributed by atoms with Crippen LogP contribution in [0.25, 0.3) is 0 Å². The lowest BCUT2D eigenvalue weighted by atomic mass is 9.99. The fraction of sp³-hybridized carbons (Fsp3) is 0.943. The molecule has 0 spiro atoms. The molecule has 0 aromatic heterocycles. The minimum atomic E-state index is -4.95. The molecule has 0 fully saturated rings. The van der Waals surface area contributed by atoms with Crippen molar-refractivity contribution < 1.29 is 80.2 Å². The van der Waals surface area contributed by atoms with Gasteiger partial charge in [0, 0.05) is 25.7 Å². The van der Waals surface area contributed by atoms with Gasteiger partial charge in [0.2, 0.25) is 0 Å². The van der Waals surface area contributed by atoms with Gasteiger partial charge in [0.15, 0.2) is 12.2 Å². The third-order valence-electron chi connectivity index (χ3n) is 16.4. The number of rotatable bonds is 67. The molecule has 0 aliphatic rings. The van der Waals surface area contributed by atoms with E-state index in [-0.39, 0.29) is 25.7 Å². The minimum Gasteiger partial charge on any atom is -0.462 e. The maximum atomic E-state index is 13.0. The number of aliphatic hydroxyl groups is 1. The molecule has 3 N–H and O–H groups in total. The van der Waals surface area contributed by atoms with Crippen molar-refractivity contribution in [2.45, 2.75) is 363 Å². The minimum absolute atomic E-state index is 0.104. The molecule has 6 atom stereocenters. The van der Waals surface area contributed by atoms with Gasteiger partial charge in [0.1, 0.15) is 19.3 Å². The molecule has 0 aromatic carbocycles. The van der Waals surface area contributed by atoms with Crippen molar-refractivity contribution in [3.05, 3.63) is 0 Å². The van der Waals surface area contributed by atoms with Crippen molar-refractivity contribution in [2.75, 3.05) is 39.6 Å². The number of carbonyl (C=O) groups excluding carboxylic acids is 4. The fourth-order valence-corrected chi connectivity index (χ4v) is 12.0. The molecule has 17 nitrogen and oxygen atoms in total. The van der Waals surface area contributed by atoms with E-state index in [0.717, 1.165) is 115 Å². The SMILES string of the molecule is CCC(C)CCCCCCCCCCCCCCCCC(=O)O[C@H](COC(=O)CCCCCCCCC(C)C)COP(=O)(O)OCC(O)COP(=O)(O)OC[C@@H](COC(=O)CCCCCCCCCC(C)C)OC(=O)CCCCCCCCCCCC(C)C.